The molecule has 1 amide bonds. The minimum absolute atomic E-state index is 0.140. The van der Waals surface area contributed by atoms with Crippen LogP contribution in [-0.2, 0) is 9.53 Å². The van der Waals surface area contributed by atoms with Gasteiger partial charge in [0, 0.05) is 12.5 Å². The van der Waals surface area contributed by atoms with E-state index in [9.17, 15) is 9.59 Å². The molecule has 0 radical (unpaired) electrons. The zero-order valence-corrected chi connectivity index (χ0v) is 13.2. The molecule has 0 spiro atoms. The molecule has 1 aromatic rings. The van der Waals surface area contributed by atoms with Crippen molar-refractivity contribution in [2.45, 2.75) is 45.1 Å². The summed E-state index contributed by atoms with van der Waals surface area (Å²) in [5, 5.41) is 3.04. The molecule has 1 aromatic carbocycles. The molecule has 118 valence electrons. The summed E-state index contributed by atoms with van der Waals surface area (Å²) in [5.74, 6) is -0.187. The van der Waals surface area contributed by atoms with Crippen LogP contribution in [0.3, 0.4) is 0 Å². The van der Waals surface area contributed by atoms with Gasteiger partial charge >= 0.3 is 5.97 Å². The SMILES string of the molecule is COC(=O)c1cc(C)ccc1/C=C/CC1CCCCC(=O)N1. The highest BCUT2D eigenvalue weighted by Gasteiger charge is 2.15. The summed E-state index contributed by atoms with van der Waals surface area (Å²) >= 11 is 0. The fourth-order valence-corrected chi connectivity index (χ4v) is 2.69. The van der Waals surface area contributed by atoms with E-state index in [1.165, 1.54) is 7.11 Å². The molecule has 0 bridgehead atoms. The van der Waals surface area contributed by atoms with E-state index in [4.69, 9.17) is 4.74 Å². The van der Waals surface area contributed by atoms with Gasteiger partial charge < -0.3 is 10.1 Å². The van der Waals surface area contributed by atoms with Crippen LogP contribution >= 0.6 is 0 Å². The van der Waals surface area contributed by atoms with Gasteiger partial charge in [-0.15, -0.1) is 0 Å². The Bertz CT molecular complexity index is 578. The number of methoxy groups -OCH3 is 1. The first-order valence-corrected chi connectivity index (χ1v) is 7.75. The molecule has 1 heterocycles. The van der Waals surface area contributed by atoms with Crippen LogP contribution in [0.1, 0.15) is 53.6 Å². The first-order chi connectivity index (χ1) is 10.6. The van der Waals surface area contributed by atoms with Gasteiger partial charge in [0.2, 0.25) is 5.91 Å². The lowest BCUT2D eigenvalue weighted by atomic mass is 10.0. The molecule has 22 heavy (non-hydrogen) atoms. The third kappa shape index (κ3) is 4.45. The number of esters is 1. The topological polar surface area (TPSA) is 55.4 Å². The minimum atomic E-state index is -0.328. The van der Waals surface area contributed by atoms with Gasteiger partial charge in [-0.3, -0.25) is 4.79 Å². The highest BCUT2D eigenvalue weighted by molar-refractivity contribution is 5.93. The second-order valence-corrected chi connectivity index (χ2v) is 5.73. The molecule has 4 nitrogen and oxygen atoms in total. The van der Waals surface area contributed by atoms with Crippen LogP contribution < -0.4 is 5.32 Å². The van der Waals surface area contributed by atoms with E-state index in [1.54, 1.807) is 0 Å². The Morgan fingerprint density at radius 3 is 3.00 bits per heavy atom. The van der Waals surface area contributed by atoms with Crippen LogP contribution in [0.15, 0.2) is 24.3 Å². The maximum Gasteiger partial charge on any atom is 0.338 e. The van der Waals surface area contributed by atoms with Crippen LogP contribution in [0.4, 0.5) is 0 Å². The number of rotatable bonds is 4. The van der Waals surface area contributed by atoms with Crippen LogP contribution in [0, 0.1) is 6.92 Å². The molecular weight excluding hydrogens is 278 g/mol. The third-order valence-electron chi connectivity index (χ3n) is 3.90. The van der Waals surface area contributed by atoms with E-state index in [1.807, 2.05) is 37.3 Å². The van der Waals surface area contributed by atoms with E-state index < -0.39 is 0 Å². The summed E-state index contributed by atoms with van der Waals surface area (Å²) in [6.45, 7) is 1.95. The molecule has 1 saturated heterocycles. The minimum Gasteiger partial charge on any atom is -0.465 e. The summed E-state index contributed by atoms with van der Waals surface area (Å²) in [6.07, 6.45) is 8.42. The van der Waals surface area contributed by atoms with Crippen molar-refractivity contribution >= 4 is 18.0 Å². The zero-order valence-electron chi connectivity index (χ0n) is 13.2. The van der Waals surface area contributed by atoms with Gasteiger partial charge in [0.25, 0.3) is 0 Å². The number of nitrogens with one attached hydrogen (secondary N) is 1. The Kier molecular flexibility index (Phi) is 5.75. The largest absolute Gasteiger partial charge is 0.465 e. The van der Waals surface area contributed by atoms with Crippen LogP contribution in [-0.4, -0.2) is 25.0 Å². The van der Waals surface area contributed by atoms with Gasteiger partial charge in [-0.2, -0.15) is 0 Å². The van der Waals surface area contributed by atoms with Crippen molar-refractivity contribution in [3.63, 3.8) is 0 Å². The summed E-state index contributed by atoms with van der Waals surface area (Å²) in [5.41, 5.74) is 2.44. The standard InChI is InChI=1S/C18H23NO3/c1-13-10-11-14(16(12-13)18(21)22-2)6-5-8-15-7-3-4-9-17(20)19-15/h5-6,10-12,15H,3-4,7-9H2,1-2H3,(H,19,20)/b6-5+. The molecule has 2 rings (SSSR count). The molecule has 4 heteroatoms. The predicted octanol–water partition coefficient (Wildman–Crippen LogP) is 3.24. The summed E-state index contributed by atoms with van der Waals surface area (Å²) < 4.78 is 4.83. The lowest BCUT2D eigenvalue weighted by Crippen LogP contribution is -2.32. The van der Waals surface area contributed by atoms with E-state index in [2.05, 4.69) is 5.32 Å². The van der Waals surface area contributed by atoms with Crippen LogP contribution in [0.2, 0.25) is 0 Å². The first kappa shape index (κ1) is 16.3. The fraction of sp³-hybridized carbons (Fsp3) is 0.444. The lowest BCUT2D eigenvalue weighted by molar-refractivity contribution is -0.121. The average Bonchev–Trinajstić information content (AvgIpc) is 2.72. The predicted molar refractivity (Wildman–Crippen MR) is 86.6 cm³/mol. The molecule has 1 atom stereocenters. The van der Waals surface area contributed by atoms with Gasteiger partial charge in [-0.25, -0.2) is 4.79 Å². The monoisotopic (exact) mass is 301 g/mol. The molecule has 1 unspecified atom stereocenters. The number of hydrogen-bond donors (Lipinski definition) is 1. The number of hydrogen-bond acceptors (Lipinski definition) is 3. The van der Waals surface area contributed by atoms with E-state index >= 15 is 0 Å². The van der Waals surface area contributed by atoms with Crippen LogP contribution in [0.5, 0.6) is 0 Å². The van der Waals surface area contributed by atoms with Crippen molar-refractivity contribution in [3.05, 3.63) is 41.0 Å². The molecule has 0 aliphatic carbocycles. The molecular formula is C18H23NO3. The van der Waals surface area contributed by atoms with E-state index in [0.717, 1.165) is 36.8 Å². The third-order valence-corrected chi connectivity index (χ3v) is 3.90. The Morgan fingerprint density at radius 2 is 2.23 bits per heavy atom. The fourth-order valence-electron chi connectivity index (χ4n) is 2.69. The Labute approximate surface area is 131 Å². The number of ether oxygens (including phenoxy) is 1. The Hall–Kier alpha value is -2.10. The van der Waals surface area contributed by atoms with E-state index in [0.29, 0.717) is 12.0 Å². The second-order valence-electron chi connectivity index (χ2n) is 5.73. The normalized spacial score (nSPS) is 18.8. The Balaban J connectivity index is 2.06. The number of carbonyl (C=O) groups is 2. The maximum absolute atomic E-state index is 11.8. The maximum atomic E-state index is 11.8. The van der Waals surface area contributed by atoms with Gasteiger partial charge in [0.15, 0.2) is 0 Å². The first-order valence-electron chi connectivity index (χ1n) is 7.75. The van der Waals surface area contributed by atoms with Crippen LogP contribution in [0.25, 0.3) is 6.08 Å². The van der Waals surface area contributed by atoms with Gasteiger partial charge in [0.05, 0.1) is 12.7 Å². The molecule has 1 aliphatic heterocycles. The van der Waals surface area contributed by atoms with Gasteiger partial charge in [0.1, 0.15) is 0 Å². The van der Waals surface area contributed by atoms with Crippen molar-refractivity contribution in [1.29, 1.82) is 0 Å². The van der Waals surface area contributed by atoms with Crippen molar-refractivity contribution in [2.24, 2.45) is 0 Å². The lowest BCUT2D eigenvalue weighted by Gasteiger charge is -2.13. The average molecular weight is 301 g/mol. The molecule has 0 aromatic heterocycles. The molecule has 1 N–H and O–H groups in total. The highest BCUT2D eigenvalue weighted by atomic mass is 16.5. The number of amides is 1. The molecule has 0 saturated carbocycles. The second kappa shape index (κ2) is 7.78. The molecule has 1 aliphatic rings. The summed E-state index contributed by atoms with van der Waals surface area (Å²) in [7, 11) is 1.39. The van der Waals surface area contributed by atoms with Crippen molar-refractivity contribution < 1.29 is 14.3 Å². The number of aryl methyl sites for hydroxylation is 1. The van der Waals surface area contributed by atoms with Gasteiger partial charge in [-0.1, -0.05) is 36.3 Å². The number of benzene rings is 1. The summed E-state index contributed by atoms with van der Waals surface area (Å²) in [6, 6.07) is 5.92. The van der Waals surface area contributed by atoms with Crippen molar-refractivity contribution in [3.8, 4) is 0 Å². The quantitative estimate of drug-likeness (QED) is 0.869. The van der Waals surface area contributed by atoms with Gasteiger partial charge in [-0.05, 0) is 37.8 Å². The zero-order chi connectivity index (χ0) is 15.9. The number of carbonyl (C=O) groups excluding carboxylic acids is 2. The van der Waals surface area contributed by atoms with Crippen molar-refractivity contribution in [2.75, 3.05) is 7.11 Å². The smallest absolute Gasteiger partial charge is 0.338 e. The Morgan fingerprint density at radius 1 is 1.41 bits per heavy atom. The molecule has 1 fully saturated rings. The van der Waals surface area contributed by atoms with E-state index in [-0.39, 0.29) is 17.9 Å². The summed E-state index contributed by atoms with van der Waals surface area (Å²) in [4.78, 5) is 23.4. The van der Waals surface area contributed by atoms with Crippen molar-refractivity contribution in [1.82, 2.24) is 5.32 Å². The highest BCUT2D eigenvalue weighted by Crippen LogP contribution is 2.17.